The maximum atomic E-state index is 5.69. The molecule has 0 atom stereocenters. The summed E-state index contributed by atoms with van der Waals surface area (Å²) in [6, 6.07) is 6.60. The Morgan fingerprint density at radius 3 is 2.54 bits per heavy atom. The third-order valence-corrected chi connectivity index (χ3v) is 5.95. The van der Waals surface area contributed by atoms with E-state index in [9.17, 15) is 0 Å². The van der Waals surface area contributed by atoms with Crippen LogP contribution in [0.4, 0.5) is 0 Å². The minimum Gasteiger partial charge on any atom is -0.472 e. The minimum atomic E-state index is -1.28. The highest BCUT2D eigenvalue weighted by Crippen LogP contribution is 2.14. The predicted molar refractivity (Wildman–Crippen MR) is 60.5 cm³/mol. The standard InChI is InChI=1S/C10H17OSi2/c1-9-5-6-10(11-9)13(2,3)8-4-7-12/h5-6H,4,7-8H2,1-3H3. The molecule has 0 unspecified atom stereocenters. The molecular formula is C10H17OSi2. The van der Waals surface area contributed by atoms with Gasteiger partial charge in [0.1, 0.15) is 8.07 Å². The zero-order chi connectivity index (χ0) is 9.90. The number of furan rings is 1. The van der Waals surface area contributed by atoms with Crippen molar-refractivity contribution in [3.8, 4) is 0 Å². The molecule has 0 bridgehead atoms. The van der Waals surface area contributed by atoms with Crippen molar-refractivity contribution in [1.82, 2.24) is 0 Å². The monoisotopic (exact) mass is 209 g/mol. The lowest BCUT2D eigenvalue weighted by molar-refractivity contribution is 0.561. The van der Waals surface area contributed by atoms with Crippen LogP contribution in [0.2, 0.25) is 25.2 Å². The maximum Gasteiger partial charge on any atom is 0.126 e. The van der Waals surface area contributed by atoms with Gasteiger partial charge in [0, 0.05) is 10.2 Å². The summed E-state index contributed by atoms with van der Waals surface area (Å²) < 4.78 is 5.69. The van der Waals surface area contributed by atoms with Gasteiger partial charge in [-0.05, 0) is 19.1 Å². The SMILES string of the molecule is Cc1ccc([Si](C)(C)CCC[Si])o1. The summed E-state index contributed by atoms with van der Waals surface area (Å²) in [5.74, 6) is 1.04. The van der Waals surface area contributed by atoms with Gasteiger partial charge in [-0.25, -0.2) is 0 Å². The summed E-state index contributed by atoms with van der Waals surface area (Å²) in [5.41, 5.74) is 0. The van der Waals surface area contributed by atoms with Crippen molar-refractivity contribution in [2.24, 2.45) is 0 Å². The van der Waals surface area contributed by atoms with E-state index in [0.29, 0.717) is 0 Å². The van der Waals surface area contributed by atoms with Crippen molar-refractivity contribution in [3.05, 3.63) is 17.9 Å². The molecule has 0 spiro atoms. The van der Waals surface area contributed by atoms with Crippen molar-refractivity contribution >= 4 is 23.7 Å². The van der Waals surface area contributed by atoms with E-state index in [4.69, 9.17) is 4.42 Å². The lowest BCUT2D eigenvalue weighted by Gasteiger charge is -2.18. The van der Waals surface area contributed by atoms with Gasteiger partial charge < -0.3 is 4.42 Å². The Hall–Kier alpha value is -0.286. The molecule has 0 aliphatic rings. The third kappa shape index (κ3) is 2.84. The molecule has 0 saturated carbocycles. The summed E-state index contributed by atoms with van der Waals surface area (Å²) >= 11 is 0. The first-order valence-corrected chi connectivity index (χ1v) is 8.69. The molecule has 71 valence electrons. The molecule has 0 N–H and O–H groups in total. The Bertz CT molecular complexity index is 266. The fourth-order valence-electron chi connectivity index (χ4n) is 1.45. The largest absolute Gasteiger partial charge is 0.472 e. The predicted octanol–water partition coefficient (Wildman–Crippen LogP) is 2.48. The highest BCUT2D eigenvalue weighted by atomic mass is 28.3. The number of aryl methyl sites for hydroxylation is 1. The molecule has 0 aliphatic heterocycles. The van der Waals surface area contributed by atoms with E-state index in [0.717, 1.165) is 11.8 Å². The fourth-order valence-corrected chi connectivity index (χ4v) is 4.26. The molecular weight excluding hydrogens is 192 g/mol. The summed E-state index contributed by atoms with van der Waals surface area (Å²) in [7, 11) is 2.24. The van der Waals surface area contributed by atoms with Gasteiger partial charge in [0.2, 0.25) is 0 Å². The summed E-state index contributed by atoms with van der Waals surface area (Å²) in [4.78, 5) is 0. The molecule has 0 aromatic carbocycles. The van der Waals surface area contributed by atoms with Gasteiger partial charge in [-0.3, -0.25) is 0 Å². The van der Waals surface area contributed by atoms with Crippen LogP contribution < -0.4 is 5.38 Å². The molecule has 0 aliphatic carbocycles. The Labute approximate surface area is 85.0 Å². The molecule has 13 heavy (non-hydrogen) atoms. The second-order valence-corrected chi connectivity index (χ2v) is 9.41. The van der Waals surface area contributed by atoms with Gasteiger partial charge in [-0.2, -0.15) is 0 Å². The number of hydrogen-bond acceptors (Lipinski definition) is 1. The first-order valence-electron chi connectivity index (χ1n) is 4.78. The second-order valence-electron chi connectivity index (χ2n) is 4.15. The minimum absolute atomic E-state index is 1.04. The van der Waals surface area contributed by atoms with Gasteiger partial charge in [0.15, 0.2) is 0 Å². The smallest absolute Gasteiger partial charge is 0.126 e. The normalized spacial score (nSPS) is 12.0. The Morgan fingerprint density at radius 2 is 2.08 bits per heavy atom. The molecule has 1 aromatic rings. The van der Waals surface area contributed by atoms with Gasteiger partial charge in [0.05, 0.1) is 11.1 Å². The van der Waals surface area contributed by atoms with Crippen molar-refractivity contribution in [2.75, 3.05) is 0 Å². The first-order chi connectivity index (χ1) is 6.06. The van der Waals surface area contributed by atoms with Crippen LogP contribution in [-0.4, -0.2) is 18.3 Å². The van der Waals surface area contributed by atoms with Crippen molar-refractivity contribution < 1.29 is 4.42 Å². The van der Waals surface area contributed by atoms with Crippen LogP contribution in [0.1, 0.15) is 12.2 Å². The molecule has 0 amide bonds. The van der Waals surface area contributed by atoms with Crippen molar-refractivity contribution in [3.63, 3.8) is 0 Å². The molecule has 1 aromatic heterocycles. The van der Waals surface area contributed by atoms with Gasteiger partial charge in [-0.15, -0.1) is 0 Å². The van der Waals surface area contributed by atoms with Crippen LogP contribution >= 0.6 is 0 Å². The van der Waals surface area contributed by atoms with E-state index in [-0.39, 0.29) is 0 Å². The van der Waals surface area contributed by atoms with Crippen LogP contribution in [0.3, 0.4) is 0 Å². The molecule has 3 radical (unpaired) electrons. The quantitative estimate of drug-likeness (QED) is 0.694. The van der Waals surface area contributed by atoms with Gasteiger partial charge in [-0.1, -0.05) is 31.6 Å². The molecule has 0 saturated heterocycles. The summed E-state index contributed by atoms with van der Waals surface area (Å²) in [6.45, 7) is 6.75. The average molecular weight is 209 g/mol. The van der Waals surface area contributed by atoms with Gasteiger partial charge >= 0.3 is 0 Å². The highest BCUT2D eigenvalue weighted by molar-refractivity contribution is 6.88. The van der Waals surface area contributed by atoms with Gasteiger partial charge in [0.25, 0.3) is 0 Å². The van der Waals surface area contributed by atoms with Crippen LogP contribution in [-0.2, 0) is 0 Å². The van der Waals surface area contributed by atoms with E-state index in [2.05, 4.69) is 35.5 Å². The summed E-state index contributed by atoms with van der Waals surface area (Å²) in [5, 5.41) is 1.24. The van der Waals surface area contributed by atoms with E-state index in [1.54, 1.807) is 0 Å². The van der Waals surface area contributed by atoms with Crippen LogP contribution in [0.25, 0.3) is 0 Å². The molecule has 1 nitrogen and oxygen atoms in total. The fraction of sp³-hybridized carbons (Fsp3) is 0.600. The third-order valence-electron chi connectivity index (χ3n) is 2.39. The first kappa shape index (κ1) is 10.8. The molecule has 0 fully saturated rings. The van der Waals surface area contributed by atoms with Crippen LogP contribution in [0.15, 0.2) is 16.5 Å². The number of hydrogen-bond donors (Lipinski definition) is 0. The zero-order valence-electron chi connectivity index (χ0n) is 8.68. The Balaban J connectivity index is 2.68. The van der Waals surface area contributed by atoms with Crippen LogP contribution in [0.5, 0.6) is 0 Å². The Morgan fingerprint density at radius 1 is 1.38 bits per heavy atom. The maximum absolute atomic E-state index is 5.69. The van der Waals surface area contributed by atoms with Crippen molar-refractivity contribution in [1.29, 1.82) is 0 Å². The van der Waals surface area contributed by atoms with Crippen molar-refractivity contribution in [2.45, 2.75) is 38.5 Å². The van der Waals surface area contributed by atoms with Crippen LogP contribution in [0, 0.1) is 6.92 Å². The Kier molecular flexibility index (Phi) is 3.56. The lowest BCUT2D eigenvalue weighted by Crippen LogP contribution is -2.40. The van der Waals surface area contributed by atoms with E-state index in [1.807, 2.05) is 6.92 Å². The molecule has 1 rings (SSSR count). The number of rotatable bonds is 4. The highest BCUT2D eigenvalue weighted by Gasteiger charge is 2.25. The topological polar surface area (TPSA) is 13.1 Å². The second kappa shape index (κ2) is 4.29. The average Bonchev–Trinajstić information content (AvgIpc) is 2.49. The lowest BCUT2D eigenvalue weighted by atomic mass is 10.5. The molecule has 1 heterocycles. The molecule has 3 heteroatoms. The van der Waals surface area contributed by atoms with E-state index >= 15 is 0 Å². The van der Waals surface area contributed by atoms with E-state index < -0.39 is 8.07 Å². The zero-order valence-corrected chi connectivity index (χ0v) is 10.7. The van der Waals surface area contributed by atoms with E-state index in [1.165, 1.54) is 17.8 Å². The summed E-state index contributed by atoms with van der Waals surface area (Å²) in [6.07, 6.45) is 1.25.